The second kappa shape index (κ2) is 4.12. The third-order valence-electron chi connectivity index (χ3n) is 3.24. The summed E-state index contributed by atoms with van der Waals surface area (Å²) >= 11 is 0. The van der Waals surface area contributed by atoms with Gasteiger partial charge in [-0.05, 0) is 30.1 Å². The van der Waals surface area contributed by atoms with Gasteiger partial charge in [-0.3, -0.25) is 4.79 Å². The fourth-order valence-electron chi connectivity index (χ4n) is 3.19. The largest absolute Gasteiger partial charge is 0.356 e. The Morgan fingerprint density at radius 1 is 1.40 bits per heavy atom. The molecule has 3 N–H and O–H groups in total. The van der Waals surface area contributed by atoms with Crippen molar-refractivity contribution >= 4 is 5.91 Å². The van der Waals surface area contributed by atoms with E-state index in [0.29, 0.717) is 5.41 Å². The van der Waals surface area contributed by atoms with Crippen LogP contribution in [0.2, 0.25) is 0 Å². The van der Waals surface area contributed by atoms with Crippen LogP contribution in [0.5, 0.6) is 0 Å². The zero-order valence-corrected chi connectivity index (χ0v) is 10.4. The van der Waals surface area contributed by atoms with Crippen LogP contribution in [0, 0.1) is 10.8 Å². The normalized spacial score (nSPS) is 34.9. The minimum Gasteiger partial charge on any atom is -0.356 e. The van der Waals surface area contributed by atoms with Crippen molar-refractivity contribution in [2.24, 2.45) is 16.6 Å². The lowest BCUT2D eigenvalue weighted by Crippen LogP contribution is -2.47. The van der Waals surface area contributed by atoms with E-state index in [2.05, 4.69) is 26.1 Å². The van der Waals surface area contributed by atoms with E-state index in [9.17, 15) is 4.79 Å². The lowest BCUT2D eigenvalue weighted by molar-refractivity contribution is -0.119. The van der Waals surface area contributed by atoms with Gasteiger partial charge in [-0.15, -0.1) is 0 Å². The van der Waals surface area contributed by atoms with Crippen LogP contribution in [0.4, 0.5) is 0 Å². The summed E-state index contributed by atoms with van der Waals surface area (Å²) in [4.78, 5) is 10.9. The third-order valence-corrected chi connectivity index (χ3v) is 3.24. The number of nitrogens with one attached hydrogen (secondary N) is 1. The first-order valence-electron chi connectivity index (χ1n) is 5.73. The minimum atomic E-state index is 0.0492. The molecule has 3 nitrogen and oxygen atoms in total. The van der Waals surface area contributed by atoms with Gasteiger partial charge < -0.3 is 11.1 Å². The Labute approximate surface area is 92.8 Å². The summed E-state index contributed by atoms with van der Waals surface area (Å²) in [6.07, 6.45) is 3.23. The molecule has 1 aliphatic carbocycles. The highest BCUT2D eigenvalue weighted by atomic mass is 16.1. The first-order valence-corrected chi connectivity index (χ1v) is 5.73. The van der Waals surface area contributed by atoms with E-state index in [0.717, 1.165) is 25.8 Å². The van der Waals surface area contributed by atoms with Gasteiger partial charge in [0.2, 0.25) is 5.91 Å². The van der Waals surface area contributed by atoms with Crippen LogP contribution in [0.3, 0.4) is 0 Å². The molecule has 1 amide bonds. The summed E-state index contributed by atoms with van der Waals surface area (Å²) in [7, 11) is 0. The molecule has 1 fully saturated rings. The van der Waals surface area contributed by atoms with Gasteiger partial charge in [-0.25, -0.2) is 0 Å². The van der Waals surface area contributed by atoms with E-state index in [1.54, 1.807) is 6.92 Å². The zero-order valence-electron chi connectivity index (χ0n) is 10.4. The Bertz CT molecular complexity index is 250. The number of hydrogen-bond donors (Lipinski definition) is 2. The van der Waals surface area contributed by atoms with E-state index < -0.39 is 0 Å². The minimum absolute atomic E-state index is 0.0492. The first kappa shape index (κ1) is 12.5. The van der Waals surface area contributed by atoms with Crippen LogP contribution in [0.25, 0.3) is 0 Å². The molecule has 0 aromatic heterocycles. The Morgan fingerprint density at radius 3 is 2.47 bits per heavy atom. The van der Waals surface area contributed by atoms with Gasteiger partial charge in [-0.1, -0.05) is 20.8 Å². The van der Waals surface area contributed by atoms with Crippen molar-refractivity contribution in [3.63, 3.8) is 0 Å². The number of nitrogens with two attached hydrogens (primary N) is 1. The smallest absolute Gasteiger partial charge is 0.216 e. The fourth-order valence-corrected chi connectivity index (χ4v) is 3.19. The molecule has 0 bridgehead atoms. The maximum absolute atomic E-state index is 10.9. The Morgan fingerprint density at radius 2 is 2.00 bits per heavy atom. The molecule has 0 saturated heterocycles. The average molecular weight is 212 g/mol. The number of hydrogen-bond acceptors (Lipinski definition) is 2. The maximum atomic E-state index is 10.9. The number of carbonyl (C=O) groups is 1. The van der Waals surface area contributed by atoms with Crippen LogP contribution >= 0.6 is 0 Å². The van der Waals surface area contributed by atoms with Gasteiger partial charge in [-0.2, -0.15) is 0 Å². The van der Waals surface area contributed by atoms with E-state index in [1.165, 1.54) is 0 Å². The van der Waals surface area contributed by atoms with Crippen molar-refractivity contribution < 1.29 is 4.79 Å². The molecule has 1 saturated carbocycles. The molecule has 0 spiro atoms. The van der Waals surface area contributed by atoms with Crippen molar-refractivity contribution in [2.75, 3.05) is 6.54 Å². The van der Waals surface area contributed by atoms with Gasteiger partial charge in [0.1, 0.15) is 0 Å². The van der Waals surface area contributed by atoms with Crippen LogP contribution in [-0.4, -0.2) is 18.5 Å². The maximum Gasteiger partial charge on any atom is 0.216 e. The summed E-state index contributed by atoms with van der Waals surface area (Å²) in [5.74, 6) is 0.0492. The standard InChI is InChI=1S/C12H24N2O/c1-9(15)14-8-12(4)6-10(13)5-11(2,3)7-12/h10H,5-8,13H2,1-4H3,(H,14,15)/t10-,12-/m0/s1. The van der Waals surface area contributed by atoms with Crippen molar-refractivity contribution in [1.29, 1.82) is 0 Å². The highest BCUT2D eigenvalue weighted by Gasteiger charge is 2.39. The molecule has 88 valence electrons. The van der Waals surface area contributed by atoms with Crippen molar-refractivity contribution in [3.05, 3.63) is 0 Å². The number of rotatable bonds is 2. The summed E-state index contributed by atoms with van der Waals surface area (Å²) in [5, 5.41) is 2.92. The van der Waals surface area contributed by atoms with Crippen LogP contribution in [-0.2, 0) is 4.79 Å². The second-order valence-electron chi connectivity index (χ2n) is 6.23. The van der Waals surface area contributed by atoms with Gasteiger partial charge in [0.05, 0.1) is 0 Å². The molecule has 1 rings (SSSR count). The van der Waals surface area contributed by atoms with Crippen LogP contribution < -0.4 is 11.1 Å². The Kier molecular flexibility index (Phi) is 3.44. The Balaban J connectivity index is 2.62. The SMILES string of the molecule is CC(=O)NC[C@@]1(C)C[C@@H](N)CC(C)(C)C1. The summed E-state index contributed by atoms with van der Waals surface area (Å²) in [6, 6.07) is 0.271. The lowest BCUT2D eigenvalue weighted by Gasteiger charge is -2.45. The molecular formula is C12H24N2O. The predicted octanol–water partition coefficient (Wildman–Crippen LogP) is 1.67. The lowest BCUT2D eigenvalue weighted by atomic mass is 9.63. The number of amides is 1. The topological polar surface area (TPSA) is 55.1 Å². The third kappa shape index (κ3) is 3.82. The highest BCUT2D eigenvalue weighted by Crippen LogP contribution is 2.45. The van der Waals surface area contributed by atoms with Crippen molar-refractivity contribution in [2.45, 2.75) is 53.0 Å². The summed E-state index contributed by atoms with van der Waals surface area (Å²) < 4.78 is 0. The first-order chi connectivity index (χ1) is 6.72. The second-order valence-corrected chi connectivity index (χ2v) is 6.23. The molecule has 15 heavy (non-hydrogen) atoms. The highest BCUT2D eigenvalue weighted by molar-refractivity contribution is 5.72. The molecule has 0 aromatic carbocycles. The molecule has 0 unspecified atom stereocenters. The van der Waals surface area contributed by atoms with Gasteiger partial charge in [0.25, 0.3) is 0 Å². The van der Waals surface area contributed by atoms with Gasteiger partial charge in [0.15, 0.2) is 0 Å². The van der Waals surface area contributed by atoms with E-state index in [4.69, 9.17) is 5.73 Å². The molecular weight excluding hydrogens is 188 g/mol. The van der Waals surface area contributed by atoms with Crippen LogP contribution in [0.15, 0.2) is 0 Å². The summed E-state index contributed by atoms with van der Waals surface area (Å²) in [6.45, 7) is 9.07. The average Bonchev–Trinajstić information content (AvgIpc) is 1.96. The summed E-state index contributed by atoms with van der Waals surface area (Å²) in [5.41, 5.74) is 6.54. The van der Waals surface area contributed by atoms with Gasteiger partial charge in [0, 0.05) is 19.5 Å². The van der Waals surface area contributed by atoms with E-state index in [1.807, 2.05) is 0 Å². The molecule has 0 aliphatic heterocycles. The van der Waals surface area contributed by atoms with Crippen LogP contribution in [0.1, 0.15) is 47.0 Å². The predicted molar refractivity (Wildman–Crippen MR) is 62.4 cm³/mol. The van der Waals surface area contributed by atoms with Crippen molar-refractivity contribution in [1.82, 2.24) is 5.32 Å². The fraction of sp³-hybridized carbons (Fsp3) is 0.917. The molecule has 0 radical (unpaired) electrons. The van der Waals surface area contributed by atoms with Gasteiger partial charge >= 0.3 is 0 Å². The molecule has 1 aliphatic rings. The quantitative estimate of drug-likeness (QED) is 0.731. The number of carbonyl (C=O) groups excluding carboxylic acids is 1. The monoisotopic (exact) mass is 212 g/mol. The Hall–Kier alpha value is -0.570. The van der Waals surface area contributed by atoms with Crippen molar-refractivity contribution in [3.8, 4) is 0 Å². The zero-order chi connectivity index (χ0) is 11.7. The molecule has 3 heteroatoms. The molecule has 2 atom stereocenters. The van der Waals surface area contributed by atoms with E-state index in [-0.39, 0.29) is 17.4 Å². The molecule has 0 heterocycles. The van der Waals surface area contributed by atoms with E-state index >= 15 is 0 Å². The molecule has 0 aromatic rings.